The molecule has 2 rings (SSSR count). The Hall–Kier alpha value is -0.430. The lowest BCUT2D eigenvalue weighted by Gasteiger charge is -2.22. The van der Waals surface area contributed by atoms with E-state index in [1.165, 1.54) is 0 Å². The van der Waals surface area contributed by atoms with E-state index in [9.17, 15) is 8.42 Å². The summed E-state index contributed by atoms with van der Waals surface area (Å²) in [6.07, 6.45) is 2.08. The largest absolute Gasteiger partial charge is 0.316 e. The van der Waals surface area contributed by atoms with Crippen molar-refractivity contribution in [2.75, 3.05) is 18.8 Å². The van der Waals surface area contributed by atoms with Crippen LogP contribution in [-0.2, 0) is 16.6 Å². The highest BCUT2D eigenvalue weighted by molar-refractivity contribution is 7.89. The molecule has 1 fully saturated rings. The molecule has 0 aliphatic carbocycles. The second-order valence-corrected chi connectivity index (χ2v) is 7.49. The van der Waals surface area contributed by atoms with Crippen LogP contribution < -0.4 is 10.0 Å². The third-order valence-corrected chi connectivity index (χ3v) is 5.70. The van der Waals surface area contributed by atoms with E-state index in [0.717, 1.165) is 37.1 Å². The molecule has 18 heavy (non-hydrogen) atoms. The summed E-state index contributed by atoms with van der Waals surface area (Å²) in [5, 5.41) is 7.28. The molecule has 1 unspecified atom stereocenters. The average Bonchev–Trinajstić information content (AvgIpc) is 2.73. The maximum absolute atomic E-state index is 12.0. The predicted molar refractivity (Wildman–Crippen MR) is 75.3 cm³/mol. The first-order chi connectivity index (χ1) is 8.57. The Kier molecular flexibility index (Phi) is 4.77. The second kappa shape index (κ2) is 6.14. The molecule has 6 heteroatoms. The van der Waals surface area contributed by atoms with E-state index in [1.807, 2.05) is 17.7 Å². The van der Waals surface area contributed by atoms with Gasteiger partial charge in [-0.3, -0.25) is 0 Å². The topological polar surface area (TPSA) is 58.2 Å². The van der Waals surface area contributed by atoms with Crippen LogP contribution in [0.1, 0.15) is 24.0 Å². The lowest BCUT2D eigenvalue weighted by atomic mass is 10.0. The van der Waals surface area contributed by atoms with Gasteiger partial charge in [0, 0.05) is 6.54 Å². The maximum Gasteiger partial charge on any atom is 0.212 e. The van der Waals surface area contributed by atoms with Crippen LogP contribution in [-0.4, -0.2) is 27.3 Å². The van der Waals surface area contributed by atoms with Gasteiger partial charge < -0.3 is 5.32 Å². The van der Waals surface area contributed by atoms with Crippen molar-refractivity contribution >= 4 is 21.4 Å². The van der Waals surface area contributed by atoms with Gasteiger partial charge in [0.25, 0.3) is 0 Å². The van der Waals surface area contributed by atoms with E-state index in [-0.39, 0.29) is 11.7 Å². The molecular formula is C12H20N2O2S2. The number of hydrogen-bond acceptors (Lipinski definition) is 4. The van der Waals surface area contributed by atoms with E-state index < -0.39 is 10.0 Å². The number of rotatable bonds is 5. The second-order valence-electron chi connectivity index (χ2n) is 4.89. The third-order valence-electron chi connectivity index (χ3n) is 3.30. The molecule has 1 aromatic rings. The Bertz CT molecular complexity index is 476. The van der Waals surface area contributed by atoms with Crippen molar-refractivity contribution in [2.24, 2.45) is 5.92 Å². The highest BCUT2D eigenvalue weighted by atomic mass is 32.2. The molecule has 0 aromatic carbocycles. The minimum atomic E-state index is -3.16. The number of nitrogens with one attached hydrogen (secondary N) is 2. The third kappa shape index (κ3) is 4.05. The highest BCUT2D eigenvalue weighted by Crippen LogP contribution is 2.15. The molecule has 2 N–H and O–H groups in total. The van der Waals surface area contributed by atoms with Crippen LogP contribution in [0.3, 0.4) is 0 Å². The number of hydrogen-bond donors (Lipinski definition) is 2. The van der Waals surface area contributed by atoms with Gasteiger partial charge in [-0.05, 0) is 60.7 Å². The number of sulfonamides is 1. The van der Waals surface area contributed by atoms with Crippen LogP contribution in [0.15, 0.2) is 10.8 Å². The molecule has 2 heterocycles. The molecule has 4 nitrogen and oxygen atoms in total. The van der Waals surface area contributed by atoms with Crippen molar-refractivity contribution in [3.8, 4) is 0 Å². The van der Waals surface area contributed by atoms with Crippen molar-refractivity contribution in [1.82, 2.24) is 10.0 Å². The zero-order valence-corrected chi connectivity index (χ0v) is 12.2. The summed E-state index contributed by atoms with van der Waals surface area (Å²) in [7, 11) is -3.16. The molecule has 1 aliphatic heterocycles. The Morgan fingerprint density at radius 2 is 2.33 bits per heavy atom. The van der Waals surface area contributed by atoms with Gasteiger partial charge in [-0.1, -0.05) is 0 Å². The van der Waals surface area contributed by atoms with E-state index in [0.29, 0.717) is 6.54 Å². The zero-order chi connectivity index (χ0) is 13.0. The molecule has 1 aromatic heterocycles. The van der Waals surface area contributed by atoms with Gasteiger partial charge in [-0.15, -0.1) is 0 Å². The molecular weight excluding hydrogens is 268 g/mol. The van der Waals surface area contributed by atoms with Gasteiger partial charge in [0.1, 0.15) is 0 Å². The normalized spacial score (nSPS) is 21.1. The van der Waals surface area contributed by atoms with Crippen molar-refractivity contribution in [3.05, 3.63) is 21.9 Å². The Balaban J connectivity index is 1.85. The van der Waals surface area contributed by atoms with E-state index in [1.54, 1.807) is 11.3 Å². The van der Waals surface area contributed by atoms with Gasteiger partial charge >= 0.3 is 0 Å². The maximum atomic E-state index is 12.0. The van der Waals surface area contributed by atoms with E-state index in [2.05, 4.69) is 10.0 Å². The summed E-state index contributed by atoms with van der Waals surface area (Å²) in [5.74, 6) is 0.489. The fourth-order valence-corrected chi connectivity index (χ4v) is 4.45. The molecule has 0 radical (unpaired) electrons. The van der Waals surface area contributed by atoms with Gasteiger partial charge in [0.2, 0.25) is 10.0 Å². The standard InChI is InChI=1S/C12H20N2O2S2/c1-10-7-17-8-12(10)6-14-18(15,16)9-11-3-2-4-13-5-11/h7-8,11,13-14H,2-6,9H2,1H3. The Labute approximate surface area is 113 Å². The molecule has 1 saturated heterocycles. The predicted octanol–water partition coefficient (Wildman–Crippen LogP) is 1.48. The van der Waals surface area contributed by atoms with Crippen LogP contribution in [0.5, 0.6) is 0 Å². The smallest absolute Gasteiger partial charge is 0.212 e. The fourth-order valence-electron chi connectivity index (χ4n) is 2.19. The lowest BCUT2D eigenvalue weighted by molar-refractivity contribution is 0.402. The van der Waals surface area contributed by atoms with Crippen LogP contribution in [0.25, 0.3) is 0 Å². The fraction of sp³-hybridized carbons (Fsp3) is 0.667. The van der Waals surface area contributed by atoms with Crippen molar-refractivity contribution in [3.63, 3.8) is 0 Å². The quantitative estimate of drug-likeness (QED) is 0.863. The first-order valence-corrected chi connectivity index (χ1v) is 8.86. The van der Waals surface area contributed by atoms with Crippen molar-refractivity contribution in [1.29, 1.82) is 0 Å². The zero-order valence-electron chi connectivity index (χ0n) is 10.6. The average molecular weight is 288 g/mol. The number of aryl methyl sites for hydroxylation is 1. The number of thiophene rings is 1. The van der Waals surface area contributed by atoms with Gasteiger partial charge in [-0.25, -0.2) is 13.1 Å². The summed E-state index contributed by atoms with van der Waals surface area (Å²) in [6.45, 7) is 4.25. The Morgan fingerprint density at radius 1 is 1.50 bits per heavy atom. The summed E-state index contributed by atoms with van der Waals surface area (Å²) < 4.78 is 26.6. The minimum absolute atomic E-state index is 0.239. The van der Waals surface area contributed by atoms with Crippen LogP contribution in [0, 0.1) is 12.8 Å². The van der Waals surface area contributed by atoms with Gasteiger partial charge in [0.15, 0.2) is 0 Å². The monoisotopic (exact) mass is 288 g/mol. The number of piperidine rings is 1. The summed E-state index contributed by atoms with van der Waals surface area (Å²) in [4.78, 5) is 0. The van der Waals surface area contributed by atoms with Crippen molar-refractivity contribution < 1.29 is 8.42 Å². The van der Waals surface area contributed by atoms with Crippen LogP contribution in [0.2, 0.25) is 0 Å². The van der Waals surface area contributed by atoms with E-state index >= 15 is 0 Å². The molecule has 0 bridgehead atoms. The van der Waals surface area contributed by atoms with Gasteiger partial charge in [0.05, 0.1) is 5.75 Å². The SMILES string of the molecule is Cc1cscc1CNS(=O)(=O)CC1CCCNC1. The molecule has 1 aliphatic rings. The summed E-state index contributed by atoms with van der Waals surface area (Å²) in [6, 6.07) is 0. The molecule has 0 amide bonds. The van der Waals surface area contributed by atoms with E-state index in [4.69, 9.17) is 0 Å². The minimum Gasteiger partial charge on any atom is -0.316 e. The molecule has 0 saturated carbocycles. The molecule has 102 valence electrons. The summed E-state index contributed by atoms with van der Waals surface area (Å²) in [5.41, 5.74) is 2.23. The van der Waals surface area contributed by atoms with Gasteiger partial charge in [-0.2, -0.15) is 11.3 Å². The first kappa shape index (κ1) is 14.0. The first-order valence-electron chi connectivity index (χ1n) is 6.26. The van der Waals surface area contributed by atoms with Crippen LogP contribution >= 0.6 is 11.3 Å². The van der Waals surface area contributed by atoms with Crippen molar-refractivity contribution in [2.45, 2.75) is 26.3 Å². The highest BCUT2D eigenvalue weighted by Gasteiger charge is 2.20. The molecule has 0 spiro atoms. The lowest BCUT2D eigenvalue weighted by Crippen LogP contribution is -2.37. The Morgan fingerprint density at radius 3 is 2.94 bits per heavy atom. The molecule has 1 atom stereocenters. The van der Waals surface area contributed by atoms with Crippen LogP contribution in [0.4, 0.5) is 0 Å². The summed E-state index contributed by atoms with van der Waals surface area (Å²) >= 11 is 1.61.